The molecule has 0 saturated carbocycles. The molecule has 1 rings (SSSR count). The zero-order valence-corrected chi connectivity index (χ0v) is 11.1. The van der Waals surface area contributed by atoms with Crippen molar-refractivity contribution in [3.63, 3.8) is 0 Å². The summed E-state index contributed by atoms with van der Waals surface area (Å²) in [6, 6.07) is 0. The van der Waals surface area contributed by atoms with Gasteiger partial charge in [-0.3, -0.25) is 9.13 Å². The maximum absolute atomic E-state index is 11.8. The lowest BCUT2D eigenvalue weighted by atomic mass is 10.2. The molecule has 4 nitrogen and oxygen atoms in total. The van der Waals surface area contributed by atoms with E-state index in [1.54, 1.807) is 9.13 Å². The van der Waals surface area contributed by atoms with E-state index in [1.165, 1.54) is 19.3 Å². The van der Waals surface area contributed by atoms with Gasteiger partial charge in [0.05, 0.1) is 0 Å². The molecule has 98 valence electrons. The van der Waals surface area contributed by atoms with Crippen molar-refractivity contribution in [1.29, 1.82) is 0 Å². The maximum Gasteiger partial charge on any atom is 0.328 e. The van der Waals surface area contributed by atoms with Gasteiger partial charge < -0.3 is 5.32 Å². The third-order valence-corrected chi connectivity index (χ3v) is 2.87. The summed E-state index contributed by atoms with van der Waals surface area (Å²) in [4.78, 5) is 11.8. The molecule has 0 radical (unpaired) electrons. The van der Waals surface area contributed by atoms with E-state index in [1.807, 2.05) is 12.4 Å². The van der Waals surface area contributed by atoms with Gasteiger partial charge in [-0.15, -0.1) is 0 Å². The zero-order valence-electron chi connectivity index (χ0n) is 11.1. The number of hydrogen-bond donors (Lipinski definition) is 1. The van der Waals surface area contributed by atoms with Crippen molar-refractivity contribution in [2.24, 2.45) is 0 Å². The molecule has 0 aromatic carbocycles. The first-order valence-corrected chi connectivity index (χ1v) is 6.75. The van der Waals surface area contributed by atoms with Gasteiger partial charge in [0.2, 0.25) is 0 Å². The largest absolute Gasteiger partial charge is 0.328 e. The van der Waals surface area contributed by atoms with Crippen LogP contribution in [-0.4, -0.2) is 22.2 Å². The van der Waals surface area contributed by atoms with Crippen LogP contribution in [0.4, 0.5) is 0 Å². The van der Waals surface area contributed by atoms with Crippen LogP contribution in [0.3, 0.4) is 0 Å². The molecular weight excluding hydrogens is 214 g/mol. The predicted molar refractivity (Wildman–Crippen MR) is 71.4 cm³/mol. The van der Waals surface area contributed by atoms with E-state index in [4.69, 9.17) is 0 Å². The van der Waals surface area contributed by atoms with Crippen LogP contribution in [0.1, 0.15) is 39.5 Å². The summed E-state index contributed by atoms with van der Waals surface area (Å²) in [5.74, 6) is 0. The first kappa shape index (κ1) is 14.0. The number of imidazole rings is 1. The lowest BCUT2D eigenvalue weighted by Crippen LogP contribution is -2.28. The van der Waals surface area contributed by atoms with E-state index >= 15 is 0 Å². The lowest BCUT2D eigenvalue weighted by molar-refractivity contribution is 0.548. The average molecular weight is 239 g/mol. The van der Waals surface area contributed by atoms with Crippen LogP contribution < -0.4 is 11.0 Å². The Morgan fingerprint density at radius 1 is 1.00 bits per heavy atom. The Balaban J connectivity index is 2.25. The molecule has 4 heteroatoms. The predicted octanol–water partition coefficient (Wildman–Crippen LogP) is 1.84. The van der Waals surface area contributed by atoms with E-state index in [2.05, 4.69) is 19.2 Å². The minimum Gasteiger partial charge on any atom is -0.315 e. The van der Waals surface area contributed by atoms with Gasteiger partial charge in [-0.05, 0) is 19.4 Å². The van der Waals surface area contributed by atoms with Crippen LogP contribution in [0.2, 0.25) is 0 Å². The fourth-order valence-corrected chi connectivity index (χ4v) is 1.86. The van der Waals surface area contributed by atoms with Gasteiger partial charge >= 0.3 is 5.69 Å². The third kappa shape index (κ3) is 4.77. The van der Waals surface area contributed by atoms with E-state index in [9.17, 15) is 4.79 Å². The topological polar surface area (TPSA) is 39.0 Å². The van der Waals surface area contributed by atoms with Crippen molar-refractivity contribution < 1.29 is 0 Å². The Morgan fingerprint density at radius 3 is 2.35 bits per heavy atom. The molecule has 17 heavy (non-hydrogen) atoms. The fraction of sp³-hybridized carbons (Fsp3) is 0.769. The molecule has 0 unspecified atom stereocenters. The molecule has 0 fully saturated rings. The van der Waals surface area contributed by atoms with Crippen molar-refractivity contribution in [2.75, 3.05) is 13.1 Å². The van der Waals surface area contributed by atoms with Gasteiger partial charge in [-0.2, -0.15) is 0 Å². The summed E-state index contributed by atoms with van der Waals surface area (Å²) >= 11 is 0. The number of aryl methyl sites for hydroxylation is 1. The highest BCUT2D eigenvalue weighted by Crippen LogP contribution is 1.91. The number of aromatic nitrogens is 2. The van der Waals surface area contributed by atoms with Gasteiger partial charge in [0.25, 0.3) is 0 Å². The average Bonchev–Trinajstić information content (AvgIpc) is 2.67. The lowest BCUT2D eigenvalue weighted by Gasteiger charge is -2.04. The Bertz CT molecular complexity index is 354. The Hall–Kier alpha value is -1.03. The van der Waals surface area contributed by atoms with Gasteiger partial charge in [0.1, 0.15) is 0 Å². The van der Waals surface area contributed by atoms with E-state index in [-0.39, 0.29) is 5.69 Å². The smallest absolute Gasteiger partial charge is 0.315 e. The second kappa shape index (κ2) is 8.12. The summed E-state index contributed by atoms with van der Waals surface area (Å²) in [7, 11) is 0. The SMILES string of the molecule is CCCCCNCCn1ccn(CCC)c1=O. The molecule has 0 aliphatic heterocycles. The van der Waals surface area contributed by atoms with Crippen molar-refractivity contribution >= 4 is 0 Å². The highest BCUT2D eigenvalue weighted by Gasteiger charge is 2.01. The van der Waals surface area contributed by atoms with E-state index < -0.39 is 0 Å². The van der Waals surface area contributed by atoms with Crippen LogP contribution in [-0.2, 0) is 13.1 Å². The summed E-state index contributed by atoms with van der Waals surface area (Å²) in [6.07, 6.45) is 8.51. The number of nitrogens with one attached hydrogen (secondary N) is 1. The van der Waals surface area contributed by atoms with Crippen molar-refractivity contribution in [1.82, 2.24) is 14.5 Å². The number of rotatable bonds is 9. The molecule has 0 saturated heterocycles. The third-order valence-electron chi connectivity index (χ3n) is 2.87. The van der Waals surface area contributed by atoms with Crippen LogP contribution in [0.25, 0.3) is 0 Å². The molecule has 0 aliphatic carbocycles. The first-order chi connectivity index (χ1) is 8.29. The summed E-state index contributed by atoms with van der Waals surface area (Å²) < 4.78 is 3.56. The summed E-state index contributed by atoms with van der Waals surface area (Å²) in [5.41, 5.74) is 0.113. The molecule has 0 aliphatic rings. The highest BCUT2D eigenvalue weighted by molar-refractivity contribution is 4.81. The van der Waals surface area contributed by atoms with Crippen molar-refractivity contribution in [3.8, 4) is 0 Å². The molecule has 1 heterocycles. The fourth-order valence-electron chi connectivity index (χ4n) is 1.86. The molecular formula is C13H25N3O. The highest BCUT2D eigenvalue weighted by atomic mass is 16.1. The summed E-state index contributed by atoms with van der Waals surface area (Å²) in [5, 5.41) is 3.37. The minimum atomic E-state index is 0.113. The Labute approximate surface area is 104 Å². The normalized spacial score (nSPS) is 10.9. The molecule has 0 atom stereocenters. The van der Waals surface area contributed by atoms with Gasteiger partial charge in [-0.1, -0.05) is 26.7 Å². The second-order valence-corrected chi connectivity index (χ2v) is 4.42. The monoisotopic (exact) mass is 239 g/mol. The molecule has 1 aromatic heterocycles. The second-order valence-electron chi connectivity index (χ2n) is 4.42. The van der Waals surface area contributed by atoms with Crippen molar-refractivity contribution in [3.05, 3.63) is 22.9 Å². The number of unbranched alkanes of at least 4 members (excludes halogenated alkanes) is 2. The van der Waals surface area contributed by atoms with Gasteiger partial charge in [-0.25, -0.2) is 4.79 Å². The van der Waals surface area contributed by atoms with Crippen LogP contribution in [0.5, 0.6) is 0 Å². The summed E-state index contributed by atoms with van der Waals surface area (Å²) in [6.45, 7) is 7.80. The van der Waals surface area contributed by atoms with Crippen LogP contribution in [0.15, 0.2) is 17.2 Å². The Morgan fingerprint density at radius 2 is 1.71 bits per heavy atom. The molecule has 0 amide bonds. The molecule has 1 aromatic rings. The van der Waals surface area contributed by atoms with Gasteiger partial charge in [0, 0.05) is 32.0 Å². The standard InChI is InChI=1S/C13H25N3O/c1-3-5-6-7-14-8-10-16-12-11-15(9-4-2)13(16)17/h11-12,14H,3-10H2,1-2H3. The number of nitrogens with zero attached hydrogens (tertiary/aromatic N) is 2. The maximum atomic E-state index is 11.8. The van der Waals surface area contributed by atoms with Gasteiger partial charge in [0.15, 0.2) is 0 Å². The zero-order chi connectivity index (χ0) is 12.5. The first-order valence-electron chi connectivity index (χ1n) is 6.75. The Kier molecular flexibility index (Phi) is 6.70. The number of hydrogen-bond acceptors (Lipinski definition) is 2. The quantitative estimate of drug-likeness (QED) is 0.668. The molecule has 1 N–H and O–H groups in total. The van der Waals surface area contributed by atoms with Crippen molar-refractivity contribution in [2.45, 2.75) is 52.6 Å². The minimum absolute atomic E-state index is 0.113. The molecule has 0 bridgehead atoms. The van der Waals surface area contributed by atoms with Crippen LogP contribution >= 0.6 is 0 Å². The van der Waals surface area contributed by atoms with E-state index in [0.29, 0.717) is 0 Å². The molecule has 0 spiro atoms. The van der Waals surface area contributed by atoms with E-state index in [0.717, 1.165) is 32.6 Å². The van der Waals surface area contributed by atoms with Crippen LogP contribution in [0, 0.1) is 0 Å².